The summed E-state index contributed by atoms with van der Waals surface area (Å²) in [5.74, 6) is 5.87. The zero-order valence-electron chi connectivity index (χ0n) is 22.3. The van der Waals surface area contributed by atoms with Crippen LogP contribution in [0, 0.1) is 52.3 Å². The molecular weight excluding hydrogens is 388 g/mol. The average molecular weight is 441 g/mol. The maximum absolute atomic E-state index is 6.05. The van der Waals surface area contributed by atoms with Gasteiger partial charge in [0.05, 0.1) is 6.10 Å². The SMILES string of the molecule is CCO[C@H]1CC[C@@]2(C)C(=CC[C@H]3[C@@H]4CC[C@H]([C@H](C)/C=C/[C@@H](CC)C(C)C)[C@@]4(C)CC[C@@H]32)C1. The van der Waals surface area contributed by atoms with E-state index >= 15 is 0 Å². The van der Waals surface area contributed by atoms with Crippen LogP contribution in [0.5, 0.6) is 0 Å². The van der Waals surface area contributed by atoms with Gasteiger partial charge in [-0.2, -0.15) is 0 Å². The Labute approximate surface area is 199 Å². The van der Waals surface area contributed by atoms with E-state index in [-0.39, 0.29) is 0 Å². The van der Waals surface area contributed by atoms with Crippen LogP contribution in [0.4, 0.5) is 0 Å². The lowest BCUT2D eigenvalue weighted by atomic mass is 9.47. The maximum atomic E-state index is 6.05. The molecule has 0 spiro atoms. The summed E-state index contributed by atoms with van der Waals surface area (Å²) in [5.41, 5.74) is 2.76. The summed E-state index contributed by atoms with van der Waals surface area (Å²) >= 11 is 0. The molecule has 3 saturated carbocycles. The summed E-state index contributed by atoms with van der Waals surface area (Å²) in [4.78, 5) is 0. The van der Waals surface area contributed by atoms with E-state index in [0.717, 1.165) is 48.0 Å². The molecule has 4 aliphatic rings. The minimum Gasteiger partial charge on any atom is -0.378 e. The van der Waals surface area contributed by atoms with Gasteiger partial charge in [-0.25, -0.2) is 0 Å². The first-order chi connectivity index (χ1) is 15.2. The topological polar surface area (TPSA) is 9.23 Å². The lowest BCUT2D eigenvalue weighted by Crippen LogP contribution is -2.50. The number of fused-ring (bicyclic) bond motifs is 5. The van der Waals surface area contributed by atoms with Crippen molar-refractivity contribution < 1.29 is 4.74 Å². The molecule has 0 aromatic carbocycles. The molecule has 4 rings (SSSR count). The third kappa shape index (κ3) is 4.18. The van der Waals surface area contributed by atoms with Crippen molar-refractivity contribution in [1.29, 1.82) is 0 Å². The molecule has 1 nitrogen and oxygen atoms in total. The van der Waals surface area contributed by atoms with E-state index in [1.165, 1.54) is 57.8 Å². The summed E-state index contributed by atoms with van der Waals surface area (Å²) in [6.45, 7) is 18.0. The number of allylic oxidation sites excluding steroid dienone is 3. The first-order valence-electron chi connectivity index (χ1n) is 14.2. The molecular formula is C31H52O. The van der Waals surface area contributed by atoms with E-state index in [0.29, 0.717) is 16.9 Å². The van der Waals surface area contributed by atoms with Crippen molar-refractivity contribution in [1.82, 2.24) is 0 Å². The Morgan fingerprint density at radius 3 is 2.47 bits per heavy atom. The van der Waals surface area contributed by atoms with Crippen LogP contribution in [0.2, 0.25) is 0 Å². The number of ether oxygens (including phenoxy) is 1. The molecule has 0 saturated heterocycles. The second-order valence-electron chi connectivity index (χ2n) is 12.9. The first kappa shape index (κ1) is 24.6. The molecule has 3 fully saturated rings. The van der Waals surface area contributed by atoms with Crippen molar-refractivity contribution in [3.63, 3.8) is 0 Å². The average Bonchev–Trinajstić information content (AvgIpc) is 3.11. The second-order valence-corrected chi connectivity index (χ2v) is 12.9. The van der Waals surface area contributed by atoms with Crippen LogP contribution in [-0.2, 0) is 4.74 Å². The summed E-state index contributed by atoms with van der Waals surface area (Å²) in [6.07, 6.45) is 20.7. The zero-order chi connectivity index (χ0) is 23.1. The fraction of sp³-hybridized carbons (Fsp3) is 0.871. The Kier molecular flexibility index (Phi) is 7.36. The largest absolute Gasteiger partial charge is 0.378 e. The minimum absolute atomic E-state index is 0.451. The van der Waals surface area contributed by atoms with Gasteiger partial charge in [0, 0.05) is 6.61 Å². The number of hydrogen-bond acceptors (Lipinski definition) is 1. The molecule has 4 aliphatic carbocycles. The van der Waals surface area contributed by atoms with E-state index in [1.807, 2.05) is 0 Å². The van der Waals surface area contributed by atoms with Crippen LogP contribution < -0.4 is 0 Å². The predicted molar refractivity (Wildman–Crippen MR) is 138 cm³/mol. The highest BCUT2D eigenvalue weighted by molar-refractivity contribution is 5.25. The standard InChI is InChI=1S/C31H52O/c1-8-23(21(3)4)11-10-22(5)27-14-15-28-26-13-12-24-20-25(32-9-2)16-18-30(24,6)29(26)17-19-31(27,28)7/h10-12,21-23,25-29H,8-9,13-20H2,1-7H3/b11-10+/t22-,23-,25+,26+,27-,28+,29+,30+,31-/m1/s1. The molecule has 0 radical (unpaired) electrons. The van der Waals surface area contributed by atoms with Gasteiger partial charge in [-0.3, -0.25) is 0 Å². The van der Waals surface area contributed by atoms with Crippen molar-refractivity contribution >= 4 is 0 Å². The number of hydrogen-bond donors (Lipinski definition) is 0. The van der Waals surface area contributed by atoms with Gasteiger partial charge >= 0.3 is 0 Å². The Morgan fingerprint density at radius 2 is 1.78 bits per heavy atom. The molecule has 182 valence electrons. The van der Waals surface area contributed by atoms with Crippen molar-refractivity contribution in [3.8, 4) is 0 Å². The summed E-state index contributed by atoms with van der Waals surface area (Å²) in [5, 5.41) is 0. The number of rotatable bonds is 7. The molecule has 0 aromatic heterocycles. The fourth-order valence-corrected chi connectivity index (χ4v) is 9.19. The van der Waals surface area contributed by atoms with Crippen molar-refractivity contribution in [2.24, 2.45) is 52.3 Å². The third-order valence-corrected chi connectivity index (χ3v) is 11.2. The predicted octanol–water partition coefficient (Wildman–Crippen LogP) is 8.85. The Bertz CT molecular complexity index is 703. The van der Waals surface area contributed by atoms with E-state index in [4.69, 9.17) is 4.74 Å². The Balaban J connectivity index is 1.50. The molecule has 0 heterocycles. The molecule has 0 unspecified atom stereocenters. The summed E-state index contributed by atoms with van der Waals surface area (Å²) in [6, 6.07) is 0. The van der Waals surface area contributed by atoms with Crippen molar-refractivity contribution in [2.75, 3.05) is 6.61 Å². The molecule has 9 atom stereocenters. The lowest BCUT2D eigenvalue weighted by Gasteiger charge is -2.58. The molecule has 0 bridgehead atoms. The molecule has 0 amide bonds. The van der Waals surface area contributed by atoms with Crippen LogP contribution in [0.25, 0.3) is 0 Å². The third-order valence-electron chi connectivity index (χ3n) is 11.2. The smallest absolute Gasteiger partial charge is 0.0612 e. The van der Waals surface area contributed by atoms with E-state index in [9.17, 15) is 0 Å². The van der Waals surface area contributed by atoms with Crippen LogP contribution in [0.1, 0.15) is 106 Å². The minimum atomic E-state index is 0.451. The Morgan fingerprint density at radius 1 is 1.00 bits per heavy atom. The summed E-state index contributed by atoms with van der Waals surface area (Å²) < 4.78 is 6.05. The van der Waals surface area contributed by atoms with Gasteiger partial charge in [-0.15, -0.1) is 0 Å². The van der Waals surface area contributed by atoms with Gasteiger partial charge in [0.2, 0.25) is 0 Å². The van der Waals surface area contributed by atoms with Crippen LogP contribution >= 0.6 is 0 Å². The molecule has 0 aromatic rings. The van der Waals surface area contributed by atoms with Gasteiger partial charge in [0.15, 0.2) is 0 Å². The normalized spacial score (nSPS) is 43.5. The molecule has 1 heteroatoms. The van der Waals surface area contributed by atoms with Crippen molar-refractivity contribution in [3.05, 3.63) is 23.8 Å². The second kappa shape index (κ2) is 9.59. The van der Waals surface area contributed by atoms with E-state index in [1.54, 1.807) is 5.57 Å². The first-order valence-corrected chi connectivity index (χ1v) is 14.2. The van der Waals surface area contributed by atoms with Crippen LogP contribution in [-0.4, -0.2) is 12.7 Å². The van der Waals surface area contributed by atoms with Gasteiger partial charge in [0.1, 0.15) is 0 Å². The maximum Gasteiger partial charge on any atom is 0.0612 e. The van der Waals surface area contributed by atoms with Crippen LogP contribution in [0.3, 0.4) is 0 Å². The zero-order valence-corrected chi connectivity index (χ0v) is 22.3. The van der Waals surface area contributed by atoms with Gasteiger partial charge in [-0.1, -0.05) is 65.3 Å². The van der Waals surface area contributed by atoms with E-state index < -0.39 is 0 Å². The Hall–Kier alpha value is -0.560. The van der Waals surface area contributed by atoms with Gasteiger partial charge in [0.25, 0.3) is 0 Å². The van der Waals surface area contributed by atoms with Crippen LogP contribution in [0.15, 0.2) is 23.8 Å². The van der Waals surface area contributed by atoms with E-state index in [2.05, 4.69) is 66.7 Å². The van der Waals surface area contributed by atoms with Gasteiger partial charge in [-0.05, 0) is 117 Å². The molecule has 0 aliphatic heterocycles. The highest BCUT2D eigenvalue weighted by Gasteiger charge is 2.59. The fourth-order valence-electron chi connectivity index (χ4n) is 9.19. The molecule has 32 heavy (non-hydrogen) atoms. The van der Waals surface area contributed by atoms with Crippen molar-refractivity contribution in [2.45, 2.75) is 112 Å². The lowest BCUT2D eigenvalue weighted by molar-refractivity contribution is -0.0603. The van der Waals surface area contributed by atoms with Gasteiger partial charge < -0.3 is 4.74 Å². The molecule has 0 N–H and O–H groups in total. The highest BCUT2D eigenvalue weighted by atomic mass is 16.5. The quantitative estimate of drug-likeness (QED) is 0.359. The summed E-state index contributed by atoms with van der Waals surface area (Å²) in [7, 11) is 0. The highest BCUT2D eigenvalue weighted by Crippen LogP contribution is 2.67. The monoisotopic (exact) mass is 440 g/mol.